The zero-order valence-electron chi connectivity index (χ0n) is 13.8. The fraction of sp³-hybridized carbons (Fsp3) is 0.167. The Balaban J connectivity index is 1.79. The number of benzene rings is 1. The van der Waals surface area contributed by atoms with Gasteiger partial charge in [0.05, 0.1) is 30.3 Å². The summed E-state index contributed by atoms with van der Waals surface area (Å²) < 4.78 is 3.73. The van der Waals surface area contributed by atoms with Crippen LogP contribution in [-0.4, -0.2) is 29.3 Å². The summed E-state index contributed by atoms with van der Waals surface area (Å²) in [5.41, 5.74) is 3.33. The molecule has 3 aromatic heterocycles. The van der Waals surface area contributed by atoms with E-state index in [1.807, 2.05) is 18.2 Å². The zero-order valence-corrected chi connectivity index (χ0v) is 15.4. The van der Waals surface area contributed by atoms with Crippen molar-refractivity contribution in [2.24, 2.45) is 0 Å². The fourth-order valence-electron chi connectivity index (χ4n) is 2.75. The van der Waals surface area contributed by atoms with E-state index >= 15 is 0 Å². The summed E-state index contributed by atoms with van der Waals surface area (Å²) >= 11 is 3.39. The molecule has 0 aliphatic rings. The SMILES string of the molecule is CC#CCn1c(Br)nc2cnn(Cc3ccc4nccnc4c3)c(=O)c21. The van der Waals surface area contributed by atoms with Gasteiger partial charge in [-0.15, -0.1) is 5.92 Å². The average molecular weight is 409 g/mol. The van der Waals surface area contributed by atoms with Gasteiger partial charge in [0.1, 0.15) is 11.0 Å². The number of rotatable bonds is 3. The second-order valence-corrected chi connectivity index (χ2v) is 6.32. The maximum absolute atomic E-state index is 12.9. The third kappa shape index (κ3) is 2.86. The van der Waals surface area contributed by atoms with Gasteiger partial charge < -0.3 is 4.57 Å². The first-order chi connectivity index (χ1) is 12.7. The standard InChI is InChI=1S/C18H13BrN6O/c1-2-3-8-24-16-15(23-18(24)19)10-22-25(17(16)26)11-12-4-5-13-14(9-12)21-7-6-20-13/h4-7,9-10H,8,11H2,1H3. The maximum Gasteiger partial charge on any atom is 0.293 e. The number of aromatic nitrogens is 6. The normalized spacial score (nSPS) is 10.8. The molecule has 0 amide bonds. The molecule has 4 aromatic rings. The Bertz CT molecular complexity index is 1250. The van der Waals surface area contributed by atoms with Crippen LogP contribution in [0.15, 0.2) is 46.3 Å². The molecule has 26 heavy (non-hydrogen) atoms. The first-order valence-corrected chi connectivity index (χ1v) is 8.68. The van der Waals surface area contributed by atoms with Crippen molar-refractivity contribution in [3.8, 4) is 11.8 Å². The van der Waals surface area contributed by atoms with Crippen LogP contribution in [0.3, 0.4) is 0 Å². The Morgan fingerprint density at radius 3 is 2.77 bits per heavy atom. The lowest BCUT2D eigenvalue weighted by Gasteiger charge is -2.06. The van der Waals surface area contributed by atoms with E-state index in [4.69, 9.17) is 0 Å². The van der Waals surface area contributed by atoms with Gasteiger partial charge in [-0.25, -0.2) is 9.67 Å². The lowest BCUT2D eigenvalue weighted by molar-refractivity contribution is 0.642. The Kier molecular flexibility index (Phi) is 4.22. The number of fused-ring (bicyclic) bond motifs is 2. The minimum Gasteiger partial charge on any atom is -0.302 e. The first-order valence-electron chi connectivity index (χ1n) is 7.88. The molecule has 0 aliphatic carbocycles. The minimum absolute atomic E-state index is 0.210. The van der Waals surface area contributed by atoms with Gasteiger partial charge in [0.25, 0.3) is 5.56 Å². The highest BCUT2D eigenvalue weighted by Gasteiger charge is 2.14. The predicted molar refractivity (Wildman–Crippen MR) is 102 cm³/mol. The van der Waals surface area contributed by atoms with Crippen molar-refractivity contribution in [1.82, 2.24) is 29.3 Å². The van der Waals surface area contributed by atoms with E-state index in [9.17, 15) is 4.79 Å². The Labute approximate surface area is 156 Å². The van der Waals surface area contributed by atoms with Crippen molar-refractivity contribution in [2.45, 2.75) is 20.0 Å². The second-order valence-electron chi connectivity index (χ2n) is 5.61. The van der Waals surface area contributed by atoms with Crippen LogP contribution in [0, 0.1) is 11.8 Å². The van der Waals surface area contributed by atoms with Crippen molar-refractivity contribution in [3.05, 3.63) is 57.4 Å². The largest absolute Gasteiger partial charge is 0.302 e. The van der Waals surface area contributed by atoms with Crippen LogP contribution < -0.4 is 5.56 Å². The molecule has 0 atom stereocenters. The van der Waals surface area contributed by atoms with Gasteiger partial charge >= 0.3 is 0 Å². The minimum atomic E-state index is -0.210. The lowest BCUT2D eigenvalue weighted by atomic mass is 10.2. The summed E-state index contributed by atoms with van der Waals surface area (Å²) in [7, 11) is 0. The predicted octanol–water partition coefficient (Wildman–Crippen LogP) is 2.37. The second kappa shape index (κ2) is 6.69. The molecule has 0 radical (unpaired) electrons. The van der Waals surface area contributed by atoms with Crippen LogP contribution in [0.25, 0.3) is 22.1 Å². The van der Waals surface area contributed by atoms with Crippen LogP contribution in [0.2, 0.25) is 0 Å². The molecule has 3 heterocycles. The number of halogens is 1. The summed E-state index contributed by atoms with van der Waals surface area (Å²) in [6, 6.07) is 5.72. The number of hydrogen-bond acceptors (Lipinski definition) is 5. The van der Waals surface area contributed by atoms with E-state index in [1.54, 1.807) is 30.1 Å². The fourth-order valence-corrected chi connectivity index (χ4v) is 3.25. The quantitative estimate of drug-likeness (QED) is 0.486. The topological polar surface area (TPSA) is 78.5 Å². The molecule has 0 saturated carbocycles. The van der Waals surface area contributed by atoms with Gasteiger partial charge in [0.2, 0.25) is 0 Å². The first kappa shape index (κ1) is 16.4. The van der Waals surface area contributed by atoms with E-state index in [-0.39, 0.29) is 5.56 Å². The highest BCUT2D eigenvalue weighted by atomic mass is 79.9. The van der Waals surface area contributed by atoms with Gasteiger partial charge in [-0.2, -0.15) is 5.10 Å². The van der Waals surface area contributed by atoms with E-state index in [0.29, 0.717) is 28.9 Å². The van der Waals surface area contributed by atoms with Crippen LogP contribution >= 0.6 is 15.9 Å². The lowest BCUT2D eigenvalue weighted by Crippen LogP contribution is -2.25. The molecule has 0 unspecified atom stereocenters. The maximum atomic E-state index is 12.9. The molecule has 0 aliphatic heterocycles. The van der Waals surface area contributed by atoms with Crippen molar-refractivity contribution >= 4 is 38.0 Å². The summed E-state index contributed by atoms with van der Waals surface area (Å²) in [6.45, 7) is 2.48. The van der Waals surface area contributed by atoms with Gasteiger partial charge in [0, 0.05) is 12.4 Å². The van der Waals surface area contributed by atoms with Crippen molar-refractivity contribution in [1.29, 1.82) is 0 Å². The highest BCUT2D eigenvalue weighted by molar-refractivity contribution is 9.10. The van der Waals surface area contributed by atoms with Gasteiger partial charge in [-0.05, 0) is 40.5 Å². The zero-order chi connectivity index (χ0) is 18.1. The Hall–Kier alpha value is -3.05. The number of hydrogen-bond donors (Lipinski definition) is 0. The third-order valence-corrected chi connectivity index (χ3v) is 4.59. The van der Waals surface area contributed by atoms with Gasteiger partial charge in [-0.3, -0.25) is 14.8 Å². The molecule has 0 spiro atoms. The van der Waals surface area contributed by atoms with Crippen molar-refractivity contribution in [3.63, 3.8) is 0 Å². The Morgan fingerprint density at radius 1 is 1.15 bits per heavy atom. The summed E-state index contributed by atoms with van der Waals surface area (Å²) in [5.74, 6) is 5.79. The molecular weight excluding hydrogens is 396 g/mol. The summed E-state index contributed by atoms with van der Waals surface area (Å²) in [6.07, 6.45) is 4.89. The molecule has 4 rings (SSSR count). The van der Waals surface area contributed by atoms with Crippen LogP contribution in [-0.2, 0) is 13.1 Å². The molecule has 1 aromatic carbocycles. The van der Waals surface area contributed by atoms with Crippen LogP contribution in [0.5, 0.6) is 0 Å². The monoisotopic (exact) mass is 408 g/mol. The summed E-state index contributed by atoms with van der Waals surface area (Å²) in [4.78, 5) is 25.8. The molecule has 0 fully saturated rings. The Morgan fingerprint density at radius 2 is 1.96 bits per heavy atom. The van der Waals surface area contributed by atoms with Crippen LogP contribution in [0.4, 0.5) is 0 Å². The van der Waals surface area contributed by atoms with E-state index in [1.165, 1.54) is 4.68 Å². The molecule has 8 heteroatoms. The van der Waals surface area contributed by atoms with E-state index in [2.05, 4.69) is 47.8 Å². The molecule has 7 nitrogen and oxygen atoms in total. The number of imidazole rings is 1. The van der Waals surface area contributed by atoms with Crippen molar-refractivity contribution < 1.29 is 0 Å². The highest BCUT2D eigenvalue weighted by Crippen LogP contribution is 2.17. The smallest absolute Gasteiger partial charge is 0.293 e. The molecule has 0 saturated heterocycles. The van der Waals surface area contributed by atoms with Crippen molar-refractivity contribution in [2.75, 3.05) is 0 Å². The average Bonchev–Trinajstić information content (AvgIpc) is 2.98. The van der Waals surface area contributed by atoms with Crippen LogP contribution in [0.1, 0.15) is 12.5 Å². The van der Waals surface area contributed by atoms with E-state index < -0.39 is 0 Å². The molecule has 128 valence electrons. The van der Waals surface area contributed by atoms with Gasteiger partial charge in [0.15, 0.2) is 4.73 Å². The molecule has 0 N–H and O–H groups in total. The number of nitrogens with zero attached hydrogens (tertiary/aromatic N) is 6. The molecular formula is C18H13BrN6O. The van der Waals surface area contributed by atoms with E-state index in [0.717, 1.165) is 16.6 Å². The third-order valence-electron chi connectivity index (χ3n) is 3.98. The van der Waals surface area contributed by atoms with Gasteiger partial charge in [-0.1, -0.05) is 12.0 Å². The molecule has 0 bridgehead atoms. The summed E-state index contributed by atoms with van der Waals surface area (Å²) in [5, 5.41) is 4.25.